The van der Waals surface area contributed by atoms with E-state index in [1.807, 2.05) is 0 Å². The summed E-state index contributed by atoms with van der Waals surface area (Å²) in [7, 11) is 0. The van der Waals surface area contributed by atoms with Gasteiger partial charge >= 0.3 is 0 Å². The number of hydrogen-bond donors (Lipinski definition) is 3. The third-order valence-electron chi connectivity index (χ3n) is 4.43. The van der Waals surface area contributed by atoms with Crippen LogP contribution in [-0.2, 0) is 0 Å². The number of H-pyrrole nitrogens is 1. The van der Waals surface area contributed by atoms with E-state index < -0.39 is 5.54 Å². The largest absolute Gasteiger partial charge is 0.368 e. The number of anilines is 2. The molecule has 0 aliphatic carbocycles. The van der Waals surface area contributed by atoms with Crippen molar-refractivity contribution in [2.75, 3.05) is 29.9 Å². The van der Waals surface area contributed by atoms with Crippen molar-refractivity contribution in [2.24, 2.45) is 5.73 Å². The summed E-state index contributed by atoms with van der Waals surface area (Å²) in [6, 6.07) is 3.52. The molecule has 1 saturated heterocycles. The second-order valence-corrected chi connectivity index (χ2v) is 7.15. The Hall–Kier alpha value is -2.09. The summed E-state index contributed by atoms with van der Waals surface area (Å²) in [4.78, 5) is 18.1. The van der Waals surface area contributed by atoms with E-state index in [-0.39, 0.29) is 0 Å². The average Bonchev–Trinajstić information content (AvgIpc) is 3.18. The van der Waals surface area contributed by atoms with Crippen molar-refractivity contribution in [1.82, 2.24) is 19.9 Å². The molecule has 4 rings (SSSR count). The molecular weight excluding hydrogens is 361 g/mol. The molecule has 3 aromatic heterocycles. The molecule has 4 heterocycles. The molecular formula is C16H17Cl2N7. The van der Waals surface area contributed by atoms with Gasteiger partial charge in [0, 0.05) is 37.1 Å². The lowest BCUT2D eigenvalue weighted by molar-refractivity contribution is 0.498. The molecule has 25 heavy (non-hydrogen) atoms. The van der Waals surface area contributed by atoms with Crippen LogP contribution < -0.4 is 16.0 Å². The number of aromatic nitrogens is 4. The van der Waals surface area contributed by atoms with E-state index in [0.29, 0.717) is 29.0 Å². The number of nitrogens with two attached hydrogens (primary N) is 1. The molecule has 1 aliphatic heterocycles. The summed E-state index contributed by atoms with van der Waals surface area (Å²) in [6.45, 7) is 2.05. The average molecular weight is 378 g/mol. The summed E-state index contributed by atoms with van der Waals surface area (Å²) in [5, 5.41) is 5.36. The van der Waals surface area contributed by atoms with Crippen LogP contribution in [0.1, 0.15) is 6.42 Å². The van der Waals surface area contributed by atoms with Gasteiger partial charge in [-0.25, -0.2) is 15.0 Å². The minimum absolute atomic E-state index is 0.399. The highest BCUT2D eigenvalue weighted by Gasteiger charge is 2.36. The molecule has 7 nitrogen and oxygen atoms in total. The standard InChI is InChI=1S/C16H17Cl2N7/c17-10-1-3-20-12(5-10)22-7-16(19)2-4-25(8-16)15-13-11(18)6-21-14(13)23-9-24-15/h1,3,5-6,9H,2,4,7-8,19H2,(H,20,22)(H,21,23,24)/t16-/m0/s1. The highest BCUT2D eigenvalue weighted by atomic mass is 35.5. The second kappa shape index (κ2) is 6.33. The molecule has 0 spiro atoms. The van der Waals surface area contributed by atoms with Crippen molar-refractivity contribution in [1.29, 1.82) is 0 Å². The molecule has 0 saturated carbocycles. The first kappa shape index (κ1) is 16.4. The Kier molecular flexibility index (Phi) is 4.15. The zero-order valence-corrected chi connectivity index (χ0v) is 14.8. The van der Waals surface area contributed by atoms with Gasteiger partial charge in [-0.1, -0.05) is 23.2 Å². The molecule has 1 atom stereocenters. The Morgan fingerprint density at radius 1 is 1.32 bits per heavy atom. The molecule has 3 aromatic rings. The smallest absolute Gasteiger partial charge is 0.144 e. The lowest BCUT2D eigenvalue weighted by Gasteiger charge is -2.26. The van der Waals surface area contributed by atoms with Crippen molar-refractivity contribution in [3.63, 3.8) is 0 Å². The molecule has 1 fully saturated rings. The summed E-state index contributed by atoms with van der Waals surface area (Å²) in [6.07, 6.45) is 5.76. The third kappa shape index (κ3) is 3.22. The number of halogens is 2. The molecule has 0 bridgehead atoms. The summed E-state index contributed by atoms with van der Waals surface area (Å²) in [5.41, 5.74) is 6.91. The molecule has 9 heteroatoms. The zero-order chi connectivity index (χ0) is 17.4. The fourth-order valence-electron chi connectivity index (χ4n) is 3.14. The lowest BCUT2D eigenvalue weighted by Crippen LogP contribution is -2.48. The van der Waals surface area contributed by atoms with Gasteiger partial charge in [-0.3, -0.25) is 0 Å². The van der Waals surface area contributed by atoms with Crippen molar-refractivity contribution in [2.45, 2.75) is 12.0 Å². The predicted octanol–water partition coefficient (Wildman–Crippen LogP) is 2.68. The molecule has 0 unspecified atom stereocenters. The van der Waals surface area contributed by atoms with Gasteiger partial charge in [-0.2, -0.15) is 0 Å². The van der Waals surface area contributed by atoms with Crippen molar-refractivity contribution >= 4 is 45.9 Å². The van der Waals surface area contributed by atoms with Crippen molar-refractivity contribution < 1.29 is 0 Å². The van der Waals surface area contributed by atoms with Gasteiger partial charge in [0.15, 0.2) is 0 Å². The molecule has 4 N–H and O–H groups in total. The van der Waals surface area contributed by atoms with E-state index in [2.05, 4.69) is 30.2 Å². The van der Waals surface area contributed by atoms with Crippen LogP contribution in [0.3, 0.4) is 0 Å². The van der Waals surface area contributed by atoms with E-state index in [1.165, 1.54) is 6.33 Å². The van der Waals surface area contributed by atoms with Crippen LogP contribution in [0, 0.1) is 0 Å². The Bertz CT molecular complexity index is 912. The quantitative estimate of drug-likeness (QED) is 0.646. The Morgan fingerprint density at radius 3 is 3.04 bits per heavy atom. The molecule has 0 radical (unpaired) electrons. The molecule has 0 aromatic carbocycles. The van der Waals surface area contributed by atoms with E-state index in [4.69, 9.17) is 28.9 Å². The normalized spacial score (nSPS) is 20.4. The summed E-state index contributed by atoms with van der Waals surface area (Å²) >= 11 is 12.3. The fraction of sp³-hybridized carbons (Fsp3) is 0.312. The van der Waals surface area contributed by atoms with E-state index in [1.54, 1.807) is 24.5 Å². The van der Waals surface area contributed by atoms with Gasteiger partial charge in [0.05, 0.1) is 15.9 Å². The van der Waals surface area contributed by atoms with Crippen molar-refractivity contribution in [3.05, 3.63) is 40.9 Å². The van der Waals surface area contributed by atoms with Crippen molar-refractivity contribution in [3.8, 4) is 0 Å². The maximum atomic E-state index is 6.58. The van der Waals surface area contributed by atoms with Gasteiger partial charge in [0.2, 0.25) is 0 Å². The maximum absolute atomic E-state index is 6.58. The van der Waals surface area contributed by atoms with Gasteiger partial charge in [0.1, 0.15) is 23.6 Å². The van der Waals surface area contributed by atoms with E-state index in [0.717, 1.165) is 29.8 Å². The fourth-order valence-corrected chi connectivity index (χ4v) is 3.53. The monoisotopic (exact) mass is 377 g/mol. The Morgan fingerprint density at radius 2 is 2.20 bits per heavy atom. The highest BCUT2D eigenvalue weighted by molar-refractivity contribution is 6.36. The minimum Gasteiger partial charge on any atom is -0.368 e. The number of nitrogens with zero attached hydrogens (tertiary/aromatic N) is 4. The SMILES string of the molecule is N[C@]1(CNc2cc(Cl)ccn2)CCN(c2ncnc3[nH]cc(Cl)c23)C1. The van der Waals surface area contributed by atoms with Gasteiger partial charge in [0.25, 0.3) is 0 Å². The summed E-state index contributed by atoms with van der Waals surface area (Å²) < 4.78 is 0. The topological polar surface area (TPSA) is 95.8 Å². The van der Waals surface area contributed by atoms with Crippen LogP contribution in [0.5, 0.6) is 0 Å². The van der Waals surface area contributed by atoms with Crippen LogP contribution in [0.15, 0.2) is 30.9 Å². The van der Waals surface area contributed by atoms with Crippen LogP contribution in [0.2, 0.25) is 10.0 Å². The Balaban J connectivity index is 1.51. The van der Waals surface area contributed by atoms with Crippen LogP contribution in [0.4, 0.5) is 11.6 Å². The van der Waals surface area contributed by atoms with Gasteiger partial charge in [-0.05, 0) is 18.6 Å². The highest BCUT2D eigenvalue weighted by Crippen LogP contribution is 2.33. The second-order valence-electron chi connectivity index (χ2n) is 6.30. The first-order valence-corrected chi connectivity index (χ1v) is 8.66. The number of hydrogen-bond acceptors (Lipinski definition) is 6. The van der Waals surface area contributed by atoms with Gasteiger partial charge < -0.3 is 20.9 Å². The first-order chi connectivity index (χ1) is 12.0. The van der Waals surface area contributed by atoms with Crippen LogP contribution in [0.25, 0.3) is 11.0 Å². The number of pyridine rings is 1. The number of rotatable bonds is 4. The van der Waals surface area contributed by atoms with Crippen LogP contribution in [-0.4, -0.2) is 45.1 Å². The zero-order valence-electron chi connectivity index (χ0n) is 13.3. The predicted molar refractivity (Wildman–Crippen MR) is 100 cm³/mol. The number of nitrogens with one attached hydrogen (secondary N) is 2. The molecule has 1 aliphatic rings. The maximum Gasteiger partial charge on any atom is 0.144 e. The number of aromatic amines is 1. The number of fused-ring (bicyclic) bond motifs is 1. The van der Waals surface area contributed by atoms with E-state index in [9.17, 15) is 0 Å². The lowest BCUT2D eigenvalue weighted by atomic mass is 10.0. The molecule has 130 valence electrons. The third-order valence-corrected chi connectivity index (χ3v) is 4.96. The van der Waals surface area contributed by atoms with Gasteiger partial charge in [-0.15, -0.1) is 0 Å². The van der Waals surface area contributed by atoms with E-state index >= 15 is 0 Å². The van der Waals surface area contributed by atoms with Crippen LogP contribution >= 0.6 is 23.2 Å². The Labute approximate surface area is 154 Å². The minimum atomic E-state index is -0.399. The summed E-state index contributed by atoms with van der Waals surface area (Å²) in [5.74, 6) is 1.53. The first-order valence-electron chi connectivity index (χ1n) is 7.91. The molecule has 0 amide bonds.